The second-order valence-corrected chi connectivity index (χ2v) is 4.35. The van der Waals surface area contributed by atoms with Crippen LogP contribution in [0.15, 0.2) is 35.1 Å². The van der Waals surface area contributed by atoms with E-state index in [2.05, 4.69) is 41.5 Å². The van der Waals surface area contributed by atoms with E-state index in [1.807, 2.05) is 24.4 Å². The van der Waals surface area contributed by atoms with Gasteiger partial charge in [-0.2, -0.15) is 10.1 Å². The van der Waals surface area contributed by atoms with Gasteiger partial charge in [-0.3, -0.25) is 5.10 Å². The third-order valence-electron chi connectivity index (χ3n) is 2.31. The molecule has 3 aromatic heterocycles. The Bertz CT molecular complexity index is 629. The topological polar surface area (TPSA) is 70.9 Å². The van der Waals surface area contributed by atoms with Gasteiger partial charge in [-0.05, 0) is 34.1 Å². The van der Waals surface area contributed by atoms with Crippen molar-refractivity contribution >= 4 is 27.5 Å². The van der Waals surface area contributed by atoms with Crippen LogP contribution in [0, 0.1) is 0 Å². The van der Waals surface area contributed by atoms with Crippen molar-refractivity contribution in [2.45, 2.75) is 6.54 Å². The smallest absolute Gasteiger partial charge is 0.243 e. The molecule has 0 fully saturated rings. The maximum absolute atomic E-state index is 4.37. The number of fused-ring (bicyclic) bond motifs is 1. The van der Waals surface area contributed by atoms with Gasteiger partial charge in [0.05, 0.1) is 16.7 Å². The summed E-state index contributed by atoms with van der Waals surface area (Å²) in [6.07, 6.45) is 3.57. The fourth-order valence-electron chi connectivity index (χ4n) is 1.51. The Morgan fingerprint density at radius 1 is 1.41 bits per heavy atom. The number of nitrogens with zero attached hydrogens (tertiary/aromatic N) is 4. The van der Waals surface area contributed by atoms with Crippen LogP contribution in [-0.2, 0) is 6.54 Å². The van der Waals surface area contributed by atoms with E-state index in [0.717, 1.165) is 15.8 Å². The average molecular weight is 293 g/mol. The van der Waals surface area contributed by atoms with Crippen LogP contribution >= 0.6 is 15.9 Å². The molecule has 0 saturated carbocycles. The molecular weight excluding hydrogens is 284 g/mol. The molecule has 7 heteroatoms. The first-order chi connectivity index (χ1) is 8.33. The standard InChI is InChI=1S/C10H9BrN6/c11-8-2-1-5-17-9(8)14-10(16-17)12-6-7-3-4-13-15-7/h1-5H,6H2,(H,12,16)(H,13,15). The molecule has 0 radical (unpaired) electrons. The van der Waals surface area contributed by atoms with E-state index in [0.29, 0.717) is 12.5 Å². The summed E-state index contributed by atoms with van der Waals surface area (Å²) >= 11 is 3.43. The summed E-state index contributed by atoms with van der Waals surface area (Å²) in [7, 11) is 0. The SMILES string of the molecule is Brc1cccn2nc(NCc3ccn[nH]3)nc12. The lowest BCUT2D eigenvalue weighted by molar-refractivity contribution is 0.931. The van der Waals surface area contributed by atoms with Crippen LogP contribution in [0.1, 0.15) is 5.69 Å². The van der Waals surface area contributed by atoms with Crippen molar-refractivity contribution < 1.29 is 0 Å². The molecule has 0 unspecified atom stereocenters. The van der Waals surface area contributed by atoms with Crippen molar-refractivity contribution in [2.75, 3.05) is 5.32 Å². The summed E-state index contributed by atoms with van der Waals surface area (Å²) in [4.78, 5) is 4.37. The molecule has 2 N–H and O–H groups in total. The first-order valence-corrected chi connectivity index (χ1v) is 5.85. The van der Waals surface area contributed by atoms with Gasteiger partial charge in [0, 0.05) is 12.4 Å². The Morgan fingerprint density at radius 2 is 2.35 bits per heavy atom. The molecule has 3 aromatic rings. The van der Waals surface area contributed by atoms with Crippen molar-refractivity contribution in [2.24, 2.45) is 0 Å². The minimum Gasteiger partial charge on any atom is -0.347 e. The summed E-state index contributed by atoms with van der Waals surface area (Å²) in [6, 6.07) is 5.74. The zero-order valence-electron chi connectivity index (χ0n) is 8.76. The largest absolute Gasteiger partial charge is 0.347 e. The van der Waals surface area contributed by atoms with Crippen LogP contribution in [0.2, 0.25) is 0 Å². The highest BCUT2D eigenvalue weighted by Gasteiger charge is 2.05. The molecule has 0 atom stereocenters. The molecular formula is C10H9BrN6. The number of anilines is 1. The van der Waals surface area contributed by atoms with Gasteiger partial charge in [0.25, 0.3) is 0 Å². The number of aromatic nitrogens is 5. The highest BCUT2D eigenvalue weighted by molar-refractivity contribution is 9.10. The molecule has 0 saturated heterocycles. The first-order valence-electron chi connectivity index (χ1n) is 5.06. The van der Waals surface area contributed by atoms with E-state index in [1.165, 1.54) is 0 Å². The summed E-state index contributed by atoms with van der Waals surface area (Å²) in [5.41, 5.74) is 1.78. The van der Waals surface area contributed by atoms with E-state index in [9.17, 15) is 0 Å². The number of nitrogens with one attached hydrogen (secondary N) is 2. The van der Waals surface area contributed by atoms with Gasteiger partial charge in [0.1, 0.15) is 0 Å². The molecule has 86 valence electrons. The van der Waals surface area contributed by atoms with E-state index < -0.39 is 0 Å². The van der Waals surface area contributed by atoms with Crippen molar-refractivity contribution in [1.82, 2.24) is 24.8 Å². The molecule has 0 bridgehead atoms. The van der Waals surface area contributed by atoms with Crippen molar-refractivity contribution in [3.8, 4) is 0 Å². The summed E-state index contributed by atoms with van der Waals surface area (Å²) in [5.74, 6) is 0.589. The Kier molecular flexibility index (Phi) is 2.52. The first kappa shape index (κ1) is 10.3. The second kappa shape index (κ2) is 4.17. The molecule has 0 amide bonds. The quantitative estimate of drug-likeness (QED) is 0.773. The number of pyridine rings is 1. The Hall–Kier alpha value is -1.89. The van der Waals surface area contributed by atoms with E-state index in [4.69, 9.17) is 0 Å². The average Bonchev–Trinajstić information content (AvgIpc) is 2.95. The van der Waals surface area contributed by atoms with E-state index >= 15 is 0 Å². The summed E-state index contributed by atoms with van der Waals surface area (Å²) < 4.78 is 2.64. The molecule has 0 aliphatic carbocycles. The molecule has 0 aromatic carbocycles. The monoisotopic (exact) mass is 292 g/mol. The molecule has 17 heavy (non-hydrogen) atoms. The van der Waals surface area contributed by atoms with Crippen LogP contribution in [0.25, 0.3) is 5.65 Å². The van der Waals surface area contributed by atoms with Crippen LogP contribution in [0.4, 0.5) is 5.95 Å². The van der Waals surface area contributed by atoms with Crippen LogP contribution < -0.4 is 5.32 Å². The van der Waals surface area contributed by atoms with Gasteiger partial charge < -0.3 is 5.32 Å². The number of halogens is 1. The summed E-state index contributed by atoms with van der Waals surface area (Å²) in [5, 5.41) is 14.2. The summed E-state index contributed by atoms with van der Waals surface area (Å²) in [6.45, 7) is 0.620. The fraction of sp³-hybridized carbons (Fsp3) is 0.100. The minimum atomic E-state index is 0.589. The Labute approximate surface area is 105 Å². The Balaban J connectivity index is 1.84. The number of H-pyrrole nitrogens is 1. The maximum atomic E-state index is 4.37. The number of hydrogen-bond acceptors (Lipinski definition) is 4. The van der Waals surface area contributed by atoms with Gasteiger partial charge in [-0.1, -0.05) is 0 Å². The zero-order valence-corrected chi connectivity index (χ0v) is 10.3. The molecule has 0 spiro atoms. The number of hydrogen-bond donors (Lipinski definition) is 2. The second-order valence-electron chi connectivity index (χ2n) is 3.50. The third kappa shape index (κ3) is 2.01. The van der Waals surface area contributed by atoms with Gasteiger partial charge in [0.2, 0.25) is 5.95 Å². The molecule has 0 aliphatic rings. The lowest BCUT2D eigenvalue weighted by atomic mass is 10.4. The van der Waals surface area contributed by atoms with Gasteiger partial charge in [-0.15, -0.1) is 5.10 Å². The predicted octanol–water partition coefficient (Wildman–Crippen LogP) is 1.83. The fourth-order valence-corrected chi connectivity index (χ4v) is 1.93. The highest BCUT2D eigenvalue weighted by Crippen LogP contribution is 2.16. The van der Waals surface area contributed by atoms with Gasteiger partial charge >= 0.3 is 0 Å². The third-order valence-corrected chi connectivity index (χ3v) is 2.93. The zero-order chi connectivity index (χ0) is 11.7. The lowest BCUT2D eigenvalue weighted by Gasteiger charge is -1.96. The van der Waals surface area contributed by atoms with Crippen LogP contribution in [-0.4, -0.2) is 24.8 Å². The molecule has 6 nitrogen and oxygen atoms in total. The van der Waals surface area contributed by atoms with Crippen molar-refractivity contribution in [1.29, 1.82) is 0 Å². The molecule has 3 heterocycles. The minimum absolute atomic E-state index is 0.589. The number of rotatable bonds is 3. The molecule has 0 aliphatic heterocycles. The normalized spacial score (nSPS) is 10.9. The van der Waals surface area contributed by atoms with Crippen LogP contribution in [0.3, 0.4) is 0 Å². The van der Waals surface area contributed by atoms with Crippen molar-refractivity contribution in [3.05, 3.63) is 40.8 Å². The predicted molar refractivity (Wildman–Crippen MR) is 66.6 cm³/mol. The molecule has 3 rings (SSSR count). The highest BCUT2D eigenvalue weighted by atomic mass is 79.9. The van der Waals surface area contributed by atoms with Gasteiger partial charge in [-0.25, -0.2) is 4.52 Å². The van der Waals surface area contributed by atoms with E-state index in [1.54, 1.807) is 10.7 Å². The van der Waals surface area contributed by atoms with Crippen LogP contribution in [0.5, 0.6) is 0 Å². The Morgan fingerprint density at radius 3 is 3.12 bits per heavy atom. The van der Waals surface area contributed by atoms with Crippen molar-refractivity contribution in [3.63, 3.8) is 0 Å². The van der Waals surface area contributed by atoms with Gasteiger partial charge in [0.15, 0.2) is 5.65 Å². The van der Waals surface area contributed by atoms with E-state index in [-0.39, 0.29) is 0 Å². The maximum Gasteiger partial charge on any atom is 0.243 e. The number of aromatic amines is 1. The lowest BCUT2D eigenvalue weighted by Crippen LogP contribution is -2.01.